The van der Waals surface area contributed by atoms with Crippen LogP contribution in [0.5, 0.6) is 5.75 Å². The highest BCUT2D eigenvalue weighted by molar-refractivity contribution is 5.72. The molecule has 1 aromatic carbocycles. The van der Waals surface area contributed by atoms with Crippen LogP contribution in [0.3, 0.4) is 0 Å². The molecule has 0 fully saturated rings. The second kappa shape index (κ2) is 7.68. The highest BCUT2D eigenvalue weighted by Gasteiger charge is 2.00. The maximum atomic E-state index is 10.6. The molecule has 0 spiro atoms. The summed E-state index contributed by atoms with van der Waals surface area (Å²) in [4.78, 5) is 10.6. The second-order valence-corrected chi connectivity index (χ2v) is 3.79. The molecule has 0 radical (unpaired) electrons. The Bertz CT molecular complexity index is 353. The van der Waals surface area contributed by atoms with Crippen LogP contribution in [-0.4, -0.2) is 32.7 Å². The fourth-order valence-corrected chi connectivity index (χ4v) is 1.58. The van der Waals surface area contributed by atoms with E-state index in [2.05, 4.69) is 16.7 Å². The van der Waals surface area contributed by atoms with Gasteiger partial charge in [0.05, 0.1) is 7.11 Å². The summed E-state index contributed by atoms with van der Waals surface area (Å²) in [5.41, 5.74) is 1.20. The fraction of sp³-hybridized carbons (Fsp3) is 0.462. The number of carbonyl (C=O) groups is 1. The largest absolute Gasteiger partial charge is 0.496 e. The van der Waals surface area contributed by atoms with E-state index in [1.807, 2.05) is 18.2 Å². The van der Waals surface area contributed by atoms with E-state index in [0.29, 0.717) is 6.54 Å². The van der Waals surface area contributed by atoms with Crippen molar-refractivity contribution < 1.29 is 9.53 Å². The van der Waals surface area contributed by atoms with Crippen molar-refractivity contribution in [1.82, 2.24) is 10.6 Å². The summed E-state index contributed by atoms with van der Waals surface area (Å²) in [7, 11) is 1.68. The first-order valence-electron chi connectivity index (χ1n) is 5.81. The lowest BCUT2D eigenvalue weighted by Gasteiger charge is -2.09. The number of benzene rings is 1. The molecule has 2 N–H and O–H groups in total. The van der Waals surface area contributed by atoms with Gasteiger partial charge in [0.15, 0.2) is 0 Å². The monoisotopic (exact) mass is 236 g/mol. The minimum Gasteiger partial charge on any atom is -0.496 e. The van der Waals surface area contributed by atoms with Crippen LogP contribution in [0.2, 0.25) is 0 Å². The van der Waals surface area contributed by atoms with Crippen molar-refractivity contribution in [3.63, 3.8) is 0 Å². The summed E-state index contributed by atoms with van der Waals surface area (Å²) < 4.78 is 5.27. The molecular weight excluding hydrogens is 216 g/mol. The van der Waals surface area contributed by atoms with Crippen LogP contribution in [0.4, 0.5) is 0 Å². The first-order valence-corrected chi connectivity index (χ1v) is 5.81. The molecule has 94 valence electrons. The van der Waals surface area contributed by atoms with Gasteiger partial charge in [-0.2, -0.15) is 0 Å². The van der Waals surface area contributed by atoms with Crippen molar-refractivity contribution >= 4 is 5.91 Å². The minimum atomic E-state index is 0.0107. The van der Waals surface area contributed by atoms with Crippen LogP contribution >= 0.6 is 0 Å². The Kier molecular flexibility index (Phi) is 6.10. The lowest BCUT2D eigenvalue weighted by molar-refractivity contribution is -0.118. The zero-order valence-corrected chi connectivity index (χ0v) is 10.5. The summed E-state index contributed by atoms with van der Waals surface area (Å²) in [6.07, 6.45) is 0.921. The molecule has 1 aromatic rings. The number of nitrogens with one attached hydrogen (secondary N) is 2. The molecule has 0 atom stereocenters. The van der Waals surface area contributed by atoms with Gasteiger partial charge in [0, 0.05) is 20.0 Å². The minimum absolute atomic E-state index is 0.0107. The van der Waals surface area contributed by atoms with Crippen molar-refractivity contribution in [2.75, 3.05) is 26.7 Å². The molecule has 0 aliphatic carbocycles. The zero-order valence-electron chi connectivity index (χ0n) is 10.5. The molecule has 0 saturated heterocycles. The number of rotatable bonds is 7. The topological polar surface area (TPSA) is 50.4 Å². The van der Waals surface area contributed by atoms with Gasteiger partial charge in [0.1, 0.15) is 5.75 Å². The quantitative estimate of drug-likeness (QED) is 0.693. The van der Waals surface area contributed by atoms with Gasteiger partial charge in [-0.1, -0.05) is 18.2 Å². The second-order valence-electron chi connectivity index (χ2n) is 3.79. The number of amides is 1. The van der Waals surface area contributed by atoms with E-state index in [1.165, 1.54) is 12.5 Å². The molecule has 1 rings (SSSR count). The Morgan fingerprint density at radius 1 is 1.24 bits per heavy atom. The van der Waals surface area contributed by atoms with E-state index < -0.39 is 0 Å². The molecule has 0 aliphatic heterocycles. The molecule has 1 amide bonds. The van der Waals surface area contributed by atoms with Crippen molar-refractivity contribution in [3.8, 4) is 5.75 Å². The van der Waals surface area contributed by atoms with Gasteiger partial charge >= 0.3 is 0 Å². The SMILES string of the molecule is COc1ccccc1CCNCCNC(C)=O. The molecule has 17 heavy (non-hydrogen) atoms. The first kappa shape index (κ1) is 13.5. The van der Waals surface area contributed by atoms with Crippen molar-refractivity contribution in [2.45, 2.75) is 13.3 Å². The normalized spacial score (nSPS) is 10.0. The Morgan fingerprint density at radius 2 is 2.00 bits per heavy atom. The van der Waals surface area contributed by atoms with Crippen LogP contribution in [0, 0.1) is 0 Å². The molecule has 0 aliphatic rings. The average molecular weight is 236 g/mol. The van der Waals surface area contributed by atoms with E-state index in [-0.39, 0.29) is 5.91 Å². The number of carbonyl (C=O) groups excluding carboxylic acids is 1. The van der Waals surface area contributed by atoms with Crippen LogP contribution in [-0.2, 0) is 11.2 Å². The number of hydrogen-bond donors (Lipinski definition) is 2. The number of para-hydroxylation sites is 1. The van der Waals surface area contributed by atoms with E-state index in [1.54, 1.807) is 7.11 Å². The third kappa shape index (κ3) is 5.36. The number of methoxy groups -OCH3 is 1. The third-order valence-corrected chi connectivity index (χ3v) is 2.44. The van der Waals surface area contributed by atoms with Gasteiger partial charge in [-0.3, -0.25) is 4.79 Å². The Hall–Kier alpha value is -1.55. The molecule has 0 aromatic heterocycles. The molecule has 4 nitrogen and oxygen atoms in total. The van der Waals surface area contributed by atoms with Crippen molar-refractivity contribution in [2.24, 2.45) is 0 Å². The molecule has 0 saturated carbocycles. The van der Waals surface area contributed by atoms with Crippen molar-refractivity contribution in [1.29, 1.82) is 0 Å². The van der Waals surface area contributed by atoms with Crippen LogP contribution in [0.1, 0.15) is 12.5 Å². The van der Waals surface area contributed by atoms with Gasteiger partial charge < -0.3 is 15.4 Å². The third-order valence-electron chi connectivity index (χ3n) is 2.44. The Labute approximate surface area is 102 Å². The highest BCUT2D eigenvalue weighted by atomic mass is 16.5. The van der Waals surface area contributed by atoms with E-state index in [9.17, 15) is 4.79 Å². The Morgan fingerprint density at radius 3 is 2.71 bits per heavy atom. The highest BCUT2D eigenvalue weighted by Crippen LogP contribution is 2.16. The smallest absolute Gasteiger partial charge is 0.216 e. The van der Waals surface area contributed by atoms with E-state index >= 15 is 0 Å². The summed E-state index contributed by atoms with van der Waals surface area (Å²) in [5.74, 6) is 0.938. The number of ether oxygens (including phenoxy) is 1. The lowest BCUT2D eigenvalue weighted by Crippen LogP contribution is -2.31. The fourth-order valence-electron chi connectivity index (χ4n) is 1.58. The maximum Gasteiger partial charge on any atom is 0.216 e. The van der Waals surface area contributed by atoms with Crippen LogP contribution in [0.15, 0.2) is 24.3 Å². The van der Waals surface area contributed by atoms with Crippen molar-refractivity contribution in [3.05, 3.63) is 29.8 Å². The number of hydrogen-bond acceptors (Lipinski definition) is 3. The van der Waals surface area contributed by atoms with Gasteiger partial charge in [-0.05, 0) is 24.6 Å². The molecule has 0 unspecified atom stereocenters. The van der Waals surface area contributed by atoms with Gasteiger partial charge in [-0.15, -0.1) is 0 Å². The summed E-state index contributed by atoms with van der Waals surface area (Å²) in [6.45, 7) is 3.85. The van der Waals surface area contributed by atoms with Crippen LogP contribution in [0.25, 0.3) is 0 Å². The van der Waals surface area contributed by atoms with E-state index in [0.717, 1.165) is 25.3 Å². The lowest BCUT2D eigenvalue weighted by atomic mass is 10.1. The van der Waals surface area contributed by atoms with Gasteiger partial charge in [0.2, 0.25) is 5.91 Å². The predicted molar refractivity (Wildman–Crippen MR) is 68.3 cm³/mol. The summed E-state index contributed by atoms with van der Waals surface area (Å²) >= 11 is 0. The average Bonchev–Trinajstić information content (AvgIpc) is 2.33. The maximum absolute atomic E-state index is 10.6. The summed E-state index contributed by atoms with van der Waals surface area (Å²) in [5, 5.41) is 6.01. The first-order chi connectivity index (χ1) is 8.24. The predicted octanol–water partition coefficient (Wildman–Crippen LogP) is 0.963. The standard InChI is InChI=1S/C13H20N2O2/c1-11(16)15-10-9-14-8-7-12-5-3-4-6-13(12)17-2/h3-6,14H,7-10H2,1-2H3,(H,15,16). The molecule has 4 heteroatoms. The van der Waals surface area contributed by atoms with Crippen LogP contribution < -0.4 is 15.4 Å². The molecular formula is C13H20N2O2. The van der Waals surface area contributed by atoms with Gasteiger partial charge in [-0.25, -0.2) is 0 Å². The molecule has 0 heterocycles. The zero-order chi connectivity index (χ0) is 12.5. The Balaban J connectivity index is 2.19. The molecule has 0 bridgehead atoms. The van der Waals surface area contributed by atoms with Gasteiger partial charge in [0.25, 0.3) is 0 Å². The summed E-state index contributed by atoms with van der Waals surface area (Å²) in [6, 6.07) is 8.00. The van der Waals surface area contributed by atoms with E-state index in [4.69, 9.17) is 4.74 Å².